The zero-order valence-electron chi connectivity index (χ0n) is 14.9. The minimum absolute atomic E-state index is 0.223. The van der Waals surface area contributed by atoms with Crippen LogP contribution < -0.4 is 4.72 Å². The third kappa shape index (κ3) is 4.10. The Balaban J connectivity index is 1.67. The van der Waals surface area contributed by atoms with Crippen LogP contribution in [0.25, 0.3) is 5.82 Å². The highest BCUT2D eigenvalue weighted by atomic mass is 32.2. The zero-order valence-corrected chi connectivity index (χ0v) is 15.7. The second kappa shape index (κ2) is 7.66. The molecule has 0 atom stereocenters. The fourth-order valence-electron chi connectivity index (χ4n) is 3.55. The lowest BCUT2D eigenvalue weighted by atomic mass is 10.0. The Morgan fingerprint density at radius 3 is 2.64 bits per heavy atom. The molecule has 0 aliphatic heterocycles. The van der Waals surface area contributed by atoms with E-state index in [4.69, 9.17) is 0 Å². The van der Waals surface area contributed by atoms with Crippen molar-refractivity contribution in [1.29, 1.82) is 0 Å². The van der Waals surface area contributed by atoms with Crippen LogP contribution in [0.2, 0.25) is 0 Å². The molecular weight excluding hydrogens is 336 g/mol. The minimum Gasteiger partial charge on any atom is -0.237 e. The van der Waals surface area contributed by atoms with Gasteiger partial charge < -0.3 is 0 Å². The smallest absolute Gasteiger partial charge is 0.214 e. The number of sulfonamides is 1. The number of hydrogen-bond acceptors (Lipinski definition) is 4. The summed E-state index contributed by atoms with van der Waals surface area (Å²) >= 11 is 0. The van der Waals surface area contributed by atoms with E-state index in [0.29, 0.717) is 13.0 Å². The molecule has 1 aliphatic rings. The fourth-order valence-corrected chi connectivity index (χ4v) is 5.13. The molecule has 0 unspecified atom stereocenters. The normalized spacial score (nSPS) is 16.2. The largest absolute Gasteiger partial charge is 0.237 e. The van der Waals surface area contributed by atoms with E-state index in [1.54, 1.807) is 6.20 Å². The molecule has 0 saturated heterocycles. The average Bonchev–Trinajstić information content (AvgIpc) is 2.91. The van der Waals surface area contributed by atoms with Crippen LogP contribution in [0.3, 0.4) is 0 Å². The molecule has 1 aliphatic carbocycles. The Bertz CT molecular complexity index is 809. The number of hydrogen-bond donors (Lipinski definition) is 1. The molecule has 0 bridgehead atoms. The molecule has 0 amide bonds. The standard InChI is InChI=1S/C18H26N4O2S/c1-14-17(15(2)22(21-14)18-10-6-7-12-19-18)11-13-20-25(23,24)16-8-4-3-5-9-16/h6-7,10,12,16,20H,3-5,8-9,11,13H2,1-2H3. The van der Waals surface area contributed by atoms with Crippen molar-refractivity contribution in [1.82, 2.24) is 19.5 Å². The summed E-state index contributed by atoms with van der Waals surface area (Å²) in [6.45, 7) is 4.37. The Morgan fingerprint density at radius 1 is 1.20 bits per heavy atom. The van der Waals surface area contributed by atoms with Gasteiger partial charge in [-0.05, 0) is 50.8 Å². The molecule has 25 heavy (non-hydrogen) atoms. The number of aryl methyl sites for hydroxylation is 1. The van der Waals surface area contributed by atoms with Crippen molar-refractivity contribution in [2.24, 2.45) is 0 Å². The molecule has 2 aromatic heterocycles. The molecule has 1 saturated carbocycles. The van der Waals surface area contributed by atoms with Crippen LogP contribution in [0, 0.1) is 13.8 Å². The molecule has 1 fully saturated rings. The molecular formula is C18H26N4O2S. The van der Waals surface area contributed by atoms with E-state index in [2.05, 4.69) is 14.8 Å². The second-order valence-corrected chi connectivity index (χ2v) is 8.74. The van der Waals surface area contributed by atoms with Gasteiger partial charge in [-0.15, -0.1) is 0 Å². The third-order valence-electron chi connectivity index (χ3n) is 4.98. The molecule has 2 heterocycles. The average molecular weight is 362 g/mol. The highest BCUT2D eigenvalue weighted by molar-refractivity contribution is 7.90. The van der Waals surface area contributed by atoms with Gasteiger partial charge in [-0.3, -0.25) is 0 Å². The van der Waals surface area contributed by atoms with E-state index in [9.17, 15) is 8.42 Å². The fraction of sp³-hybridized carbons (Fsp3) is 0.556. The van der Waals surface area contributed by atoms with E-state index in [-0.39, 0.29) is 5.25 Å². The van der Waals surface area contributed by atoms with Crippen molar-refractivity contribution in [3.8, 4) is 5.82 Å². The Hall–Kier alpha value is -1.73. The lowest BCUT2D eigenvalue weighted by Gasteiger charge is -2.22. The van der Waals surface area contributed by atoms with Crippen molar-refractivity contribution in [3.05, 3.63) is 41.3 Å². The molecule has 1 N–H and O–H groups in total. The van der Waals surface area contributed by atoms with Gasteiger partial charge in [0.15, 0.2) is 5.82 Å². The van der Waals surface area contributed by atoms with Crippen LogP contribution in [0.5, 0.6) is 0 Å². The molecule has 2 aromatic rings. The Kier molecular flexibility index (Phi) is 5.54. The Morgan fingerprint density at radius 2 is 1.96 bits per heavy atom. The summed E-state index contributed by atoms with van der Waals surface area (Å²) in [7, 11) is -3.21. The SMILES string of the molecule is Cc1nn(-c2ccccn2)c(C)c1CCNS(=O)(=O)C1CCCCC1. The maximum Gasteiger partial charge on any atom is 0.214 e. The van der Waals surface area contributed by atoms with E-state index in [1.807, 2.05) is 36.7 Å². The van der Waals surface area contributed by atoms with Gasteiger partial charge in [0.25, 0.3) is 0 Å². The van der Waals surface area contributed by atoms with Crippen molar-refractivity contribution >= 4 is 10.0 Å². The topological polar surface area (TPSA) is 76.9 Å². The first-order chi connectivity index (χ1) is 12.0. The molecule has 7 heteroatoms. The first-order valence-electron chi connectivity index (χ1n) is 8.94. The maximum absolute atomic E-state index is 12.4. The number of aromatic nitrogens is 3. The van der Waals surface area contributed by atoms with Gasteiger partial charge in [0, 0.05) is 18.4 Å². The molecule has 136 valence electrons. The maximum atomic E-state index is 12.4. The van der Waals surface area contributed by atoms with E-state index in [0.717, 1.165) is 54.9 Å². The van der Waals surface area contributed by atoms with Gasteiger partial charge in [0.05, 0.1) is 10.9 Å². The predicted octanol–water partition coefficient (Wildman–Crippen LogP) is 2.68. The summed E-state index contributed by atoms with van der Waals surface area (Å²) < 4.78 is 29.5. The van der Waals surface area contributed by atoms with Gasteiger partial charge >= 0.3 is 0 Å². The summed E-state index contributed by atoms with van der Waals surface area (Å²) in [5, 5.41) is 4.34. The minimum atomic E-state index is -3.21. The number of nitrogens with zero attached hydrogens (tertiary/aromatic N) is 3. The van der Waals surface area contributed by atoms with E-state index < -0.39 is 10.0 Å². The summed E-state index contributed by atoms with van der Waals surface area (Å²) in [6, 6.07) is 5.71. The molecule has 6 nitrogen and oxygen atoms in total. The first-order valence-corrected chi connectivity index (χ1v) is 10.5. The van der Waals surface area contributed by atoms with Crippen LogP contribution in [-0.4, -0.2) is 35.0 Å². The van der Waals surface area contributed by atoms with Crippen LogP contribution in [0.15, 0.2) is 24.4 Å². The molecule has 0 spiro atoms. The lowest BCUT2D eigenvalue weighted by Crippen LogP contribution is -2.36. The number of nitrogens with one attached hydrogen (secondary N) is 1. The first kappa shape index (κ1) is 18.1. The van der Waals surface area contributed by atoms with Gasteiger partial charge in [-0.1, -0.05) is 25.3 Å². The number of pyridine rings is 1. The van der Waals surface area contributed by atoms with Crippen LogP contribution in [-0.2, 0) is 16.4 Å². The zero-order chi connectivity index (χ0) is 17.9. The van der Waals surface area contributed by atoms with Gasteiger partial charge in [-0.2, -0.15) is 5.10 Å². The van der Waals surface area contributed by atoms with Gasteiger partial charge in [0.2, 0.25) is 10.0 Å². The second-order valence-electron chi connectivity index (χ2n) is 6.70. The molecule has 0 aromatic carbocycles. The van der Waals surface area contributed by atoms with Crippen LogP contribution in [0.1, 0.15) is 49.1 Å². The molecule has 3 rings (SSSR count). The highest BCUT2D eigenvalue weighted by Crippen LogP contribution is 2.23. The Labute approximate surface area is 149 Å². The predicted molar refractivity (Wildman–Crippen MR) is 98.3 cm³/mol. The van der Waals surface area contributed by atoms with Gasteiger partial charge in [0.1, 0.15) is 0 Å². The number of rotatable bonds is 6. The third-order valence-corrected chi connectivity index (χ3v) is 6.93. The highest BCUT2D eigenvalue weighted by Gasteiger charge is 2.26. The molecule has 0 radical (unpaired) electrons. The van der Waals surface area contributed by atoms with Crippen molar-refractivity contribution in [2.75, 3.05) is 6.54 Å². The van der Waals surface area contributed by atoms with Crippen molar-refractivity contribution in [3.63, 3.8) is 0 Å². The summed E-state index contributed by atoms with van der Waals surface area (Å²) in [6.07, 6.45) is 7.12. The lowest BCUT2D eigenvalue weighted by molar-refractivity contribution is 0.477. The van der Waals surface area contributed by atoms with Crippen LogP contribution >= 0.6 is 0 Å². The van der Waals surface area contributed by atoms with Crippen LogP contribution in [0.4, 0.5) is 0 Å². The monoisotopic (exact) mass is 362 g/mol. The van der Waals surface area contributed by atoms with Gasteiger partial charge in [-0.25, -0.2) is 22.8 Å². The summed E-state index contributed by atoms with van der Waals surface area (Å²) in [5.74, 6) is 0.775. The van der Waals surface area contributed by atoms with Crippen molar-refractivity contribution < 1.29 is 8.42 Å². The summed E-state index contributed by atoms with van der Waals surface area (Å²) in [4.78, 5) is 4.33. The quantitative estimate of drug-likeness (QED) is 0.857. The summed E-state index contributed by atoms with van der Waals surface area (Å²) in [5.41, 5.74) is 3.00. The van der Waals surface area contributed by atoms with E-state index in [1.165, 1.54) is 0 Å². The van der Waals surface area contributed by atoms with Crippen molar-refractivity contribution in [2.45, 2.75) is 57.6 Å². The van der Waals surface area contributed by atoms with E-state index >= 15 is 0 Å².